The first kappa shape index (κ1) is 11.0. The van der Waals surface area contributed by atoms with Crippen LogP contribution in [0.15, 0.2) is 6.20 Å². The van der Waals surface area contributed by atoms with Gasteiger partial charge in [0.05, 0.1) is 11.9 Å². The lowest BCUT2D eigenvalue weighted by Gasteiger charge is -2.19. The fraction of sp³-hybridized carbons (Fsp3) is 0.636. The first-order valence-corrected chi connectivity index (χ1v) is 5.76. The SMILES string of the molecule is CC1CCCN(C(=O)c2[nH]ncc2N)CC1. The van der Waals surface area contributed by atoms with Crippen molar-refractivity contribution >= 4 is 11.6 Å². The van der Waals surface area contributed by atoms with Gasteiger partial charge in [-0.05, 0) is 25.2 Å². The van der Waals surface area contributed by atoms with E-state index in [1.54, 1.807) is 0 Å². The highest BCUT2D eigenvalue weighted by Crippen LogP contribution is 2.19. The molecule has 5 heteroatoms. The van der Waals surface area contributed by atoms with Crippen molar-refractivity contribution < 1.29 is 4.79 Å². The molecule has 1 aliphatic heterocycles. The molecule has 88 valence electrons. The van der Waals surface area contributed by atoms with Crippen molar-refractivity contribution in [3.63, 3.8) is 0 Å². The standard InChI is InChI=1S/C11H18N4O/c1-8-3-2-5-15(6-4-8)11(16)10-9(12)7-13-14-10/h7-8H,2-6,12H2,1H3,(H,13,14). The van der Waals surface area contributed by atoms with Crippen LogP contribution in [0.4, 0.5) is 5.69 Å². The van der Waals surface area contributed by atoms with Crippen molar-refractivity contribution in [2.45, 2.75) is 26.2 Å². The molecule has 0 bridgehead atoms. The normalized spacial score (nSPS) is 21.8. The number of rotatable bonds is 1. The average Bonchev–Trinajstić information content (AvgIpc) is 2.56. The molecule has 0 aromatic carbocycles. The Hall–Kier alpha value is -1.52. The highest BCUT2D eigenvalue weighted by Gasteiger charge is 2.22. The Kier molecular flexibility index (Phi) is 3.12. The molecule has 5 nitrogen and oxygen atoms in total. The summed E-state index contributed by atoms with van der Waals surface area (Å²) < 4.78 is 0. The molecule has 1 unspecified atom stereocenters. The van der Waals surface area contributed by atoms with Gasteiger partial charge in [0.25, 0.3) is 5.91 Å². The predicted octanol–water partition coefficient (Wildman–Crippen LogP) is 1.25. The summed E-state index contributed by atoms with van der Waals surface area (Å²) >= 11 is 0. The van der Waals surface area contributed by atoms with Crippen LogP contribution in [0.1, 0.15) is 36.7 Å². The molecule has 1 saturated heterocycles. The quantitative estimate of drug-likeness (QED) is 0.751. The summed E-state index contributed by atoms with van der Waals surface area (Å²) in [5, 5.41) is 6.45. The highest BCUT2D eigenvalue weighted by molar-refractivity contribution is 5.96. The molecule has 0 spiro atoms. The van der Waals surface area contributed by atoms with E-state index in [1.807, 2.05) is 4.90 Å². The molecule has 16 heavy (non-hydrogen) atoms. The topological polar surface area (TPSA) is 75.0 Å². The van der Waals surface area contributed by atoms with Gasteiger partial charge in [-0.3, -0.25) is 9.89 Å². The predicted molar refractivity (Wildman–Crippen MR) is 61.9 cm³/mol. The number of hydrogen-bond donors (Lipinski definition) is 2. The second kappa shape index (κ2) is 4.55. The van der Waals surface area contributed by atoms with Crippen LogP contribution >= 0.6 is 0 Å². The zero-order valence-electron chi connectivity index (χ0n) is 9.57. The van der Waals surface area contributed by atoms with Gasteiger partial charge in [0.15, 0.2) is 0 Å². The van der Waals surface area contributed by atoms with E-state index in [9.17, 15) is 4.79 Å². The second-order valence-corrected chi connectivity index (χ2v) is 4.53. The molecule has 1 amide bonds. The molecule has 3 N–H and O–H groups in total. The number of nitrogen functional groups attached to an aromatic ring is 1. The van der Waals surface area contributed by atoms with Gasteiger partial charge in [-0.25, -0.2) is 0 Å². The second-order valence-electron chi connectivity index (χ2n) is 4.53. The molecule has 1 atom stereocenters. The molecule has 0 aliphatic carbocycles. The zero-order chi connectivity index (χ0) is 11.5. The van der Waals surface area contributed by atoms with E-state index in [1.165, 1.54) is 12.6 Å². The van der Waals surface area contributed by atoms with Crippen LogP contribution in [0, 0.1) is 5.92 Å². The number of likely N-dealkylation sites (tertiary alicyclic amines) is 1. The first-order chi connectivity index (χ1) is 7.68. The van der Waals surface area contributed by atoms with Crippen LogP contribution in [0.2, 0.25) is 0 Å². The fourth-order valence-electron chi connectivity index (χ4n) is 2.09. The summed E-state index contributed by atoms with van der Waals surface area (Å²) in [5.41, 5.74) is 6.53. The first-order valence-electron chi connectivity index (χ1n) is 5.76. The Bertz CT molecular complexity index is 374. The van der Waals surface area contributed by atoms with Gasteiger partial charge in [0.2, 0.25) is 0 Å². The van der Waals surface area contributed by atoms with Crippen LogP contribution in [0.3, 0.4) is 0 Å². The monoisotopic (exact) mass is 222 g/mol. The van der Waals surface area contributed by atoms with Gasteiger partial charge in [0.1, 0.15) is 5.69 Å². The van der Waals surface area contributed by atoms with Crippen molar-refractivity contribution in [2.24, 2.45) is 5.92 Å². The lowest BCUT2D eigenvalue weighted by atomic mass is 10.0. The van der Waals surface area contributed by atoms with Gasteiger partial charge in [-0.15, -0.1) is 0 Å². The van der Waals surface area contributed by atoms with Crippen LogP contribution in [-0.4, -0.2) is 34.1 Å². The number of aromatic nitrogens is 2. The number of nitrogens with one attached hydrogen (secondary N) is 1. The number of amides is 1. The van der Waals surface area contributed by atoms with E-state index in [0.29, 0.717) is 17.3 Å². The van der Waals surface area contributed by atoms with Crippen LogP contribution in [0.5, 0.6) is 0 Å². The Morgan fingerprint density at radius 2 is 2.38 bits per heavy atom. The van der Waals surface area contributed by atoms with Crippen molar-refractivity contribution in [2.75, 3.05) is 18.8 Å². The number of carbonyl (C=O) groups excluding carboxylic acids is 1. The fourth-order valence-corrected chi connectivity index (χ4v) is 2.09. The number of aromatic amines is 1. The number of hydrogen-bond acceptors (Lipinski definition) is 3. The van der Waals surface area contributed by atoms with Gasteiger partial charge in [0, 0.05) is 13.1 Å². The Labute approximate surface area is 95.0 Å². The van der Waals surface area contributed by atoms with E-state index in [2.05, 4.69) is 17.1 Å². The van der Waals surface area contributed by atoms with Crippen molar-refractivity contribution in [1.82, 2.24) is 15.1 Å². The number of H-pyrrole nitrogens is 1. The Morgan fingerprint density at radius 3 is 3.06 bits per heavy atom. The summed E-state index contributed by atoms with van der Waals surface area (Å²) in [7, 11) is 0. The van der Waals surface area contributed by atoms with E-state index in [4.69, 9.17) is 5.73 Å². The zero-order valence-corrected chi connectivity index (χ0v) is 9.57. The molecule has 1 aliphatic rings. The van der Waals surface area contributed by atoms with E-state index in [0.717, 1.165) is 25.9 Å². The molecule has 2 rings (SSSR count). The summed E-state index contributed by atoms with van der Waals surface area (Å²) in [6.45, 7) is 3.87. The summed E-state index contributed by atoms with van der Waals surface area (Å²) in [4.78, 5) is 14.0. The van der Waals surface area contributed by atoms with Crippen molar-refractivity contribution in [3.8, 4) is 0 Å². The molecule has 0 radical (unpaired) electrons. The smallest absolute Gasteiger partial charge is 0.274 e. The number of nitrogens with zero attached hydrogens (tertiary/aromatic N) is 2. The van der Waals surface area contributed by atoms with Gasteiger partial charge >= 0.3 is 0 Å². The number of carbonyl (C=O) groups is 1. The molecule has 2 heterocycles. The van der Waals surface area contributed by atoms with Crippen LogP contribution < -0.4 is 5.73 Å². The maximum Gasteiger partial charge on any atom is 0.274 e. The molecule has 1 aromatic heterocycles. The molecule has 0 saturated carbocycles. The largest absolute Gasteiger partial charge is 0.396 e. The maximum atomic E-state index is 12.1. The average molecular weight is 222 g/mol. The van der Waals surface area contributed by atoms with Gasteiger partial charge < -0.3 is 10.6 Å². The lowest BCUT2D eigenvalue weighted by molar-refractivity contribution is 0.0755. The lowest BCUT2D eigenvalue weighted by Crippen LogP contribution is -2.32. The number of anilines is 1. The summed E-state index contributed by atoms with van der Waals surface area (Å²) in [6.07, 6.45) is 4.82. The third-order valence-corrected chi connectivity index (χ3v) is 3.19. The highest BCUT2D eigenvalue weighted by atomic mass is 16.2. The summed E-state index contributed by atoms with van der Waals surface area (Å²) in [5.74, 6) is 0.681. The number of nitrogens with two attached hydrogens (primary N) is 1. The molecule has 1 fully saturated rings. The van der Waals surface area contributed by atoms with Crippen LogP contribution in [-0.2, 0) is 0 Å². The Morgan fingerprint density at radius 1 is 1.56 bits per heavy atom. The Balaban J connectivity index is 2.07. The van der Waals surface area contributed by atoms with E-state index < -0.39 is 0 Å². The van der Waals surface area contributed by atoms with E-state index >= 15 is 0 Å². The van der Waals surface area contributed by atoms with Crippen molar-refractivity contribution in [3.05, 3.63) is 11.9 Å². The minimum absolute atomic E-state index is 0.0240. The molecule has 1 aromatic rings. The third-order valence-electron chi connectivity index (χ3n) is 3.19. The summed E-state index contributed by atoms with van der Waals surface area (Å²) in [6, 6.07) is 0. The molecular formula is C11H18N4O. The van der Waals surface area contributed by atoms with Crippen molar-refractivity contribution in [1.29, 1.82) is 0 Å². The van der Waals surface area contributed by atoms with Crippen LogP contribution in [0.25, 0.3) is 0 Å². The van der Waals surface area contributed by atoms with Gasteiger partial charge in [-0.2, -0.15) is 5.10 Å². The minimum Gasteiger partial charge on any atom is -0.396 e. The van der Waals surface area contributed by atoms with E-state index in [-0.39, 0.29) is 5.91 Å². The minimum atomic E-state index is -0.0240. The van der Waals surface area contributed by atoms with Gasteiger partial charge in [-0.1, -0.05) is 6.92 Å². The molecular weight excluding hydrogens is 204 g/mol. The maximum absolute atomic E-state index is 12.1. The third kappa shape index (κ3) is 2.18.